The van der Waals surface area contributed by atoms with E-state index >= 15 is 0 Å². The first kappa shape index (κ1) is 10.1. The number of fused-ring (bicyclic) bond motifs is 2. The summed E-state index contributed by atoms with van der Waals surface area (Å²) in [6.07, 6.45) is 6.06. The lowest BCUT2D eigenvalue weighted by Gasteiger charge is -2.40. The minimum Gasteiger partial charge on any atom is -0.344 e. The summed E-state index contributed by atoms with van der Waals surface area (Å²) >= 11 is 0. The molecule has 2 fully saturated rings. The predicted octanol–water partition coefficient (Wildman–Crippen LogP) is 2.17. The van der Waals surface area contributed by atoms with Crippen LogP contribution in [-0.2, 0) is 4.74 Å². The van der Waals surface area contributed by atoms with Crippen molar-refractivity contribution in [2.45, 2.75) is 24.0 Å². The zero-order valence-electron chi connectivity index (χ0n) is 10.3. The zero-order valence-corrected chi connectivity index (χ0v) is 10.3. The van der Waals surface area contributed by atoms with Crippen molar-refractivity contribution in [1.82, 2.24) is 0 Å². The minimum atomic E-state index is -0.865. The number of ether oxygens (including phenoxy) is 1. The maximum Gasteiger partial charge on any atom is 0.199 e. The van der Waals surface area contributed by atoms with Gasteiger partial charge in [0, 0.05) is 23.0 Å². The Balaban J connectivity index is 1.84. The van der Waals surface area contributed by atoms with Gasteiger partial charge in [-0.15, -0.1) is 0 Å². The van der Waals surface area contributed by atoms with Gasteiger partial charge in [-0.2, -0.15) is 0 Å². The van der Waals surface area contributed by atoms with Gasteiger partial charge >= 0.3 is 0 Å². The van der Waals surface area contributed by atoms with Crippen LogP contribution in [0.3, 0.4) is 0 Å². The Morgan fingerprint density at radius 2 is 1.37 bits per heavy atom. The van der Waals surface area contributed by atoms with Gasteiger partial charge < -0.3 is 4.74 Å². The molecule has 19 heavy (non-hydrogen) atoms. The van der Waals surface area contributed by atoms with E-state index in [0.717, 1.165) is 12.8 Å². The Bertz CT molecular complexity index is 632. The third kappa shape index (κ3) is 0.801. The van der Waals surface area contributed by atoms with E-state index in [1.54, 1.807) is 12.1 Å². The number of hydrogen-bond donors (Lipinski definition) is 0. The molecular weight excluding hydrogens is 240 g/mol. The number of hydrogen-bond acceptors (Lipinski definition) is 3. The van der Waals surface area contributed by atoms with Gasteiger partial charge in [-0.25, -0.2) is 0 Å². The van der Waals surface area contributed by atoms with E-state index in [9.17, 15) is 9.59 Å². The van der Waals surface area contributed by atoms with Crippen LogP contribution in [-0.4, -0.2) is 22.8 Å². The maximum atomic E-state index is 12.8. The number of carbonyl (C=O) groups is 2. The lowest BCUT2D eigenvalue weighted by molar-refractivity contribution is 0.0735. The average molecular weight is 252 g/mol. The largest absolute Gasteiger partial charge is 0.344 e. The van der Waals surface area contributed by atoms with Gasteiger partial charge in [0.2, 0.25) is 0 Å². The second-order valence-electron chi connectivity index (χ2n) is 5.95. The molecule has 0 radical (unpaired) electrons. The molecule has 1 heterocycles. The van der Waals surface area contributed by atoms with Crippen molar-refractivity contribution < 1.29 is 14.3 Å². The summed E-state index contributed by atoms with van der Waals surface area (Å²) < 4.78 is 5.95. The van der Waals surface area contributed by atoms with Crippen molar-refractivity contribution in [1.29, 1.82) is 0 Å². The first-order valence-electron chi connectivity index (χ1n) is 6.79. The fourth-order valence-corrected chi connectivity index (χ4v) is 4.47. The van der Waals surface area contributed by atoms with Crippen LogP contribution in [0.2, 0.25) is 0 Å². The van der Waals surface area contributed by atoms with Crippen LogP contribution in [0.1, 0.15) is 33.6 Å². The molecule has 0 aromatic heterocycles. The maximum absolute atomic E-state index is 12.8. The lowest BCUT2D eigenvalue weighted by atomic mass is 9.56. The molecule has 5 aliphatic rings. The van der Waals surface area contributed by atoms with E-state index < -0.39 is 11.2 Å². The fraction of sp³-hybridized carbons (Fsp3) is 0.375. The number of Topliss-reactive ketones (excluding diaryl/α,β-unsaturated/α-hetero) is 2. The number of carbonyl (C=O) groups excluding carboxylic acids is 2. The smallest absolute Gasteiger partial charge is 0.199 e. The fourth-order valence-electron chi connectivity index (χ4n) is 4.47. The number of epoxide rings is 1. The van der Waals surface area contributed by atoms with Crippen molar-refractivity contribution >= 4 is 11.6 Å². The Labute approximate surface area is 110 Å². The molecule has 1 aromatic carbocycles. The van der Waals surface area contributed by atoms with Crippen LogP contribution in [0.15, 0.2) is 36.4 Å². The van der Waals surface area contributed by atoms with E-state index in [2.05, 4.69) is 12.2 Å². The van der Waals surface area contributed by atoms with Gasteiger partial charge in [0.15, 0.2) is 22.8 Å². The molecule has 4 aliphatic carbocycles. The van der Waals surface area contributed by atoms with Gasteiger partial charge in [-0.05, 0) is 12.8 Å². The number of benzene rings is 1. The molecular formula is C16H12O3. The highest BCUT2D eigenvalue weighted by Gasteiger charge is 2.86. The van der Waals surface area contributed by atoms with Crippen molar-refractivity contribution in [2.75, 3.05) is 0 Å². The molecule has 1 aliphatic heterocycles. The van der Waals surface area contributed by atoms with Crippen LogP contribution in [0.25, 0.3) is 0 Å². The highest BCUT2D eigenvalue weighted by atomic mass is 16.6. The molecule has 1 saturated carbocycles. The number of rotatable bonds is 0. The van der Waals surface area contributed by atoms with Crippen molar-refractivity contribution in [3.05, 3.63) is 47.5 Å². The molecule has 6 rings (SSSR count). The summed E-state index contributed by atoms with van der Waals surface area (Å²) in [6, 6.07) is 7.13. The van der Waals surface area contributed by atoms with Crippen LogP contribution >= 0.6 is 0 Å². The molecule has 3 heteroatoms. The quantitative estimate of drug-likeness (QED) is 0.525. The molecule has 94 valence electrons. The SMILES string of the molecule is O=C1c2ccccc2C(=O)[C@@]23O[C@@]12[C@@H]1C=C[C@H]3CC1. The van der Waals surface area contributed by atoms with Crippen LogP contribution in [0.5, 0.6) is 0 Å². The van der Waals surface area contributed by atoms with Crippen LogP contribution < -0.4 is 0 Å². The summed E-state index contributed by atoms with van der Waals surface area (Å²) in [5.41, 5.74) is -0.644. The van der Waals surface area contributed by atoms with Gasteiger partial charge in [0.05, 0.1) is 0 Å². The molecule has 2 bridgehead atoms. The second-order valence-corrected chi connectivity index (χ2v) is 5.95. The first-order valence-corrected chi connectivity index (χ1v) is 6.79. The van der Waals surface area contributed by atoms with Crippen molar-refractivity contribution in [3.63, 3.8) is 0 Å². The highest BCUT2D eigenvalue weighted by Crippen LogP contribution is 2.69. The van der Waals surface area contributed by atoms with E-state index in [0.29, 0.717) is 11.1 Å². The summed E-state index contributed by atoms with van der Waals surface area (Å²) in [7, 11) is 0. The molecule has 0 N–H and O–H groups in total. The third-order valence-corrected chi connectivity index (χ3v) is 5.33. The van der Waals surface area contributed by atoms with Gasteiger partial charge in [0.25, 0.3) is 0 Å². The molecule has 0 spiro atoms. The van der Waals surface area contributed by atoms with E-state index in [1.807, 2.05) is 12.1 Å². The van der Waals surface area contributed by atoms with Gasteiger partial charge in [-0.1, -0.05) is 36.4 Å². The Kier molecular flexibility index (Phi) is 1.45. The minimum absolute atomic E-state index is 0.0155. The summed E-state index contributed by atoms with van der Waals surface area (Å²) in [5, 5.41) is 0. The summed E-state index contributed by atoms with van der Waals surface area (Å²) in [5.74, 6) is 0.174. The molecule has 0 unspecified atom stereocenters. The van der Waals surface area contributed by atoms with Crippen molar-refractivity contribution in [3.8, 4) is 0 Å². The van der Waals surface area contributed by atoms with Gasteiger partial charge in [0.1, 0.15) is 0 Å². The molecule has 0 amide bonds. The summed E-state index contributed by atoms with van der Waals surface area (Å²) in [4.78, 5) is 25.7. The highest BCUT2D eigenvalue weighted by molar-refractivity contribution is 6.26. The molecule has 1 saturated heterocycles. The summed E-state index contributed by atoms with van der Waals surface area (Å²) in [6.45, 7) is 0. The molecule has 3 nitrogen and oxygen atoms in total. The first-order chi connectivity index (χ1) is 9.22. The van der Waals surface area contributed by atoms with Crippen molar-refractivity contribution in [2.24, 2.45) is 11.8 Å². The average Bonchev–Trinajstić information content (AvgIpc) is 3.22. The normalized spacial score (nSPS) is 44.6. The third-order valence-electron chi connectivity index (χ3n) is 5.33. The molecule has 1 aromatic rings. The molecule has 4 atom stereocenters. The standard InChI is InChI=1S/C16H12O3/c17-13-11-3-1-2-4-12(11)14(18)16-10-7-5-9(6-8-10)15(13,16)19-16/h1-5,7,9-10H,6,8H2/t9-,10+,15+,16-. The second kappa shape index (κ2) is 2.73. The van der Waals surface area contributed by atoms with E-state index in [4.69, 9.17) is 4.74 Å². The lowest BCUT2D eigenvalue weighted by Crippen LogP contribution is -2.56. The van der Waals surface area contributed by atoms with E-state index in [1.165, 1.54) is 0 Å². The van der Waals surface area contributed by atoms with E-state index in [-0.39, 0.29) is 23.4 Å². The zero-order chi connectivity index (χ0) is 12.8. The van der Waals surface area contributed by atoms with Crippen LogP contribution in [0.4, 0.5) is 0 Å². The van der Waals surface area contributed by atoms with Crippen LogP contribution in [0, 0.1) is 11.8 Å². The predicted molar refractivity (Wildman–Crippen MR) is 67.0 cm³/mol. The van der Waals surface area contributed by atoms with Gasteiger partial charge in [-0.3, -0.25) is 9.59 Å². The Hall–Kier alpha value is -1.74. The topological polar surface area (TPSA) is 46.7 Å². The number of ketones is 2. The Morgan fingerprint density at radius 1 is 0.895 bits per heavy atom. The Morgan fingerprint density at radius 3 is 1.79 bits per heavy atom. The monoisotopic (exact) mass is 252 g/mol.